The molecule has 4 aliphatic carbocycles. The Bertz CT molecular complexity index is 236. The fraction of sp³-hybridized carbons (Fsp3) is 1.00. The Morgan fingerprint density at radius 1 is 1.08 bits per heavy atom. The van der Waals surface area contributed by atoms with Crippen molar-refractivity contribution in [2.45, 2.75) is 51.4 Å². The topological polar surface area (TPSA) is 0 Å². The van der Waals surface area contributed by atoms with Crippen molar-refractivity contribution in [2.24, 2.45) is 29.1 Å². The second-order valence-corrected chi connectivity index (χ2v) is 6.36. The molecule has 0 heteroatoms. The number of hydrogen-bond donors (Lipinski definition) is 0. The minimum atomic E-state index is 0.931. The van der Waals surface area contributed by atoms with Crippen LogP contribution >= 0.6 is 0 Å². The van der Waals surface area contributed by atoms with Gasteiger partial charge in [-0.1, -0.05) is 12.8 Å². The van der Waals surface area contributed by atoms with E-state index in [9.17, 15) is 0 Å². The third-order valence-electron chi connectivity index (χ3n) is 5.73. The van der Waals surface area contributed by atoms with E-state index in [2.05, 4.69) is 0 Å². The number of fused-ring (bicyclic) bond motifs is 1. The molecular formula is C13H20. The van der Waals surface area contributed by atoms with Crippen LogP contribution in [0.25, 0.3) is 0 Å². The van der Waals surface area contributed by atoms with E-state index in [-0.39, 0.29) is 0 Å². The van der Waals surface area contributed by atoms with E-state index in [0.717, 1.165) is 5.41 Å². The fourth-order valence-corrected chi connectivity index (χ4v) is 4.58. The minimum Gasteiger partial charge on any atom is -0.0527 e. The summed E-state index contributed by atoms with van der Waals surface area (Å²) in [6.45, 7) is 0. The molecular weight excluding hydrogens is 156 g/mol. The molecule has 0 saturated heterocycles. The van der Waals surface area contributed by atoms with E-state index in [1.54, 1.807) is 51.4 Å². The van der Waals surface area contributed by atoms with Crippen LogP contribution in [-0.4, -0.2) is 0 Å². The first kappa shape index (κ1) is 7.31. The van der Waals surface area contributed by atoms with Crippen LogP contribution in [0.3, 0.4) is 0 Å². The highest BCUT2D eigenvalue weighted by Gasteiger charge is 2.59. The van der Waals surface area contributed by atoms with E-state index in [0.29, 0.717) is 0 Å². The van der Waals surface area contributed by atoms with E-state index >= 15 is 0 Å². The van der Waals surface area contributed by atoms with Gasteiger partial charge in [0.2, 0.25) is 0 Å². The zero-order valence-corrected chi connectivity index (χ0v) is 8.47. The summed E-state index contributed by atoms with van der Waals surface area (Å²) in [5.41, 5.74) is 0.931. The summed E-state index contributed by atoms with van der Waals surface area (Å²) in [4.78, 5) is 0. The summed E-state index contributed by atoms with van der Waals surface area (Å²) >= 11 is 0. The van der Waals surface area contributed by atoms with Crippen LogP contribution in [0, 0.1) is 29.1 Å². The van der Waals surface area contributed by atoms with Gasteiger partial charge in [0.05, 0.1) is 0 Å². The number of hydrogen-bond acceptors (Lipinski definition) is 0. The first-order valence-electron chi connectivity index (χ1n) is 6.37. The molecule has 1 spiro atoms. The zero-order chi connectivity index (χ0) is 8.47. The van der Waals surface area contributed by atoms with Gasteiger partial charge in [-0.2, -0.15) is 0 Å². The van der Waals surface area contributed by atoms with Gasteiger partial charge in [0, 0.05) is 0 Å². The summed E-state index contributed by atoms with van der Waals surface area (Å²) in [5, 5.41) is 0. The van der Waals surface area contributed by atoms with Crippen molar-refractivity contribution in [3.8, 4) is 0 Å². The van der Waals surface area contributed by atoms with Gasteiger partial charge in [-0.15, -0.1) is 0 Å². The first-order valence-corrected chi connectivity index (χ1v) is 6.37. The molecule has 0 radical (unpaired) electrons. The maximum absolute atomic E-state index is 1.64. The second-order valence-electron chi connectivity index (χ2n) is 6.36. The van der Waals surface area contributed by atoms with E-state index in [1.165, 1.54) is 23.7 Å². The Balaban J connectivity index is 1.37. The van der Waals surface area contributed by atoms with Crippen LogP contribution in [0.5, 0.6) is 0 Å². The monoisotopic (exact) mass is 176 g/mol. The van der Waals surface area contributed by atoms with Gasteiger partial charge >= 0.3 is 0 Å². The molecule has 0 aromatic heterocycles. The van der Waals surface area contributed by atoms with Gasteiger partial charge in [0.25, 0.3) is 0 Å². The largest absolute Gasteiger partial charge is 0.0527 e. The molecule has 4 unspecified atom stereocenters. The fourth-order valence-electron chi connectivity index (χ4n) is 4.58. The molecule has 0 N–H and O–H groups in total. The summed E-state index contributed by atoms with van der Waals surface area (Å²) in [7, 11) is 0. The molecule has 0 aromatic carbocycles. The lowest BCUT2D eigenvalue weighted by atomic mass is 9.80. The molecule has 4 aliphatic rings. The van der Waals surface area contributed by atoms with E-state index in [1.807, 2.05) is 0 Å². The Hall–Kier alpha value is 0. The Morgan fingerprint density at radius 3 is 2.54 bits per heavy atom. The highest BCUT2D eigenvalue weighted by atomic mass is 14.6. The molecule has 4 fully saturated rings. The van der Waals surface area contributed by atoms with E-state index in [4.69, 9.17) is 0 Å². The molecule has 0 aromatic rings. The predicted octanol–water partition coefficient (Wildman–Crippen LogP) is 3.61. The van der Waals surface area contributed by atoms with Crippen LogP contribution in [0.4, 0.5) is 0 Å². The SMILES string of the molecule is C1CCC2(C1)CC2CC1CC2CC21. The second kappa shape index (κ2) is 2.15. The molecule has 0 nitrogen and oxygen atoms in total. The summed E-state index contributed by atoms with van der Waals surface area (Å²) in [5.74, 6) is 4.86. The third kappa shape index (κ3) is 0.926. The van der Waals surface area contributed by atoms with Crippen LogP contribution in [0.2, 0.25) is 0 Å². The average molecular weight is 176 g/mol. The van der Waals surface area contributed by atoms with Gasteiger partial charge in [0.15, 0.2) is 0 Å². The maximum Gasteiger partial charge on any atom is -0.0266 e. The highest BCUT2D eigenvalue weighted by Crippen LogP contribution is 2.69. The van der Waals surface area contributed by atoms with Crippen molar-refractivity contribution < 1.29 is 0 Å². The van der Waals surface area contributed by atoms with Gasteiger partial charge in [-0.25, -0.2) is 0 Å². The Labute approximate surface area is 81.1 Å². The molecule has 13 heavy (non-hydrogen) atoms. The lowest BCUT2D eigenvalue weighted by Crippen LogP contribution is -2.17. The highest BCUT2D eigenvalue weighted by molar-refractivity contribution is 5.09. The van der Waals surface area contributed by atoms with Crippen LogP contribution in [0.1, 0.15) is 51.4 Å². The van der Waals surface area contributed by atoms with Gasteiger partial charge in [-0.05, 0) is 67.6 Å². The molecule has 4 rings (SSSR count). The molecule has 72 valence electrons. The van der Waals surface area contributed by atoms with Crippen molar-refractivity contribution in [1.29, 1.82) is 0 Å². The quantitative estimate of drug-likeness (QED) is 0.603. The molecule has 0 bridgehead atoms. The standard InChI is InChI=1S/C13H20/c1-2-4-13(3-1)8-11(13)6-9-5-10-7-12(9)10/h9-12H,1-8H2. The van der Waals surface area contributed by atoms with Gasteiger partial charge in [-0.3, -0.25) is 0 Å². The van der Waals surface area contributed by atoms with Gasteiger partial charge < -0.3 is 0 Å². The lowest BCUT2D eigenvalue weighted by Gasteiger charge is -2.25. The Morgan fingerprint density at radius 2 is 1.92 bits per heavy atom. The van der Waals surface area contributed by atoms with Crippen LogP contribution in [0.15, 0.2) is 0 Å². The molecule has 4 atom stereocenters. The number of rotatable bonds is 2. The molecule has 4 saturated carbocycles. The first-order chi connectivity index (χ1) is 6.37. The Kier molecular flexibility index (Phi) is 1.21. The maximum atomic E-state index is 1.64. The predicted molar refractivity (Wildman–Crippen MR) is 53.3 cm³/mol. The molecule has 0 amide bonds. The van der Waals surface area contributed by atoms with Crippen molar-refractivity contribution in [1.82, 2.24) is 0 Å². The third-order valence-corrected chi connectivity index (χ3v) is 5.73. The summed E-state index contributed by atoms with van der Waals surface area (Å²) in [6, 6.07) is 0. The zero-order valence-electron chi connectivity index (χ0n) is 8.47. The van der Waals surface area contributed by atoms with Crippen LogP contribution in [-0.2, 0) is 0 Å². The van der Waals surface area contributed by atoms with Crippen molar-refractivity contribution in [3.63, 3.8) is 0 Å². The average Bonchev–Trinajstić information content (AvgIpc) is 2.83. The minimum absolute atomic E-state index is 0.931. The lowest BCUT2D eigenvalue weighted by molar-refractivity contribution is 0.243. The van der Waals surface area contributed by atoms with Crippen LogP contribution < -0.4 is 0 Å². The smallest absolute Gasteiger partial charge is 0.0266 e. The van der Waals surface area contributed by atoms with Crippen molar-refractivity contribution in [3.05, 3.63) is 0 Å². The molecule has 0 aliphatic heterocycles. The van der Waals surface area contributed by atoms with Gasteiger partial charge in [0.1, 0.15) is 0 Å². The summed E-state index contributed by atoms with van der Waals surface area (Å²) in [6.07, 6.45) is 12.8. The molecule has 0 heterocycles. The van der Waals surface area contributed by atoms with Crippen molar-refractivity contribution in [2.75, 3.05) is 0 Å². The summed E-state index contributed by atoms with van der Waals surface area (Å²) < 4.78 is 0. The van der Waals surface area contributed by atoms with E-state index < -0.39 is 0 Å². The van der Waals surface area contributed by atoms with Crippen molar-refractivity contribution >= 4 is 0 Å². The normalized spacial score (nSPS) is 54.5.